The standard InChI is InChI=1S/C21H25ClN2O4S/c1-15(2)28-19-9-7-18(8-10-19)23-21(25)16-4-3-13-24(14-16)29(26,27)20-11-5-17(22)6-12-20/h5-12,15-16H,3-4,13-14H2,1-2H3,(H,23,25). The molecule has 2 aromatic rings. The number of halogens is 1. The summed E-state index contributed by atoms with van der Waals surface area (Å²) in [6, 6.07) is 13.2. The predicted molar refractivity (Wildman–Crippen MR) is 114 cm³/mol. The molecule has 1 heterocycles. The number of rotatable bonds is 6. The minimum absolute atomic E-state index is 0.0752. The summed E-state index contributed by atoms with van der Waals surface area (Å²) in [4.78, 5) is 12.9. The first-order valence-electron chi connectivity index (χ1n) is 9.59. The molecular formula is C21H25ClN2O4S. The van der Waals surface area contributed by atoms with E-state index in [4.69, 9.17) is 16.3 Å². The van der Waals surface area contributed by atoms with Gasteiger partial charge in [-0.15, -0.1) is 0 Å². The number of piperidine rings is 1. The van der Waals surface area contributed by atoms with Gasteiger partial charge in [0.25, 0.3) is 0 Å². The van der Waals surface area contributed by atoms with Gasteiger partial charge in [0.2, 0.25) is 15.9 Å². The number of ether oxygens (including phenoxy) is 1. The van der Waals surface area contributed by atoms with Crippen LogP contribution in [-0.4, -0.2) is 37.8 Å². The average Bonchev–Trinajstić information content (AvgIpc) is 2.69. The lowest BCUT2D eigenvalue weighted by Crippen LogP contribution is -2.43. The fourth-order valence-electron chi connectivity index (χ4n) is 3.26. The molecule has 29 heavy (non-hydrogen) atoms. The summed E-state index contributed by atoms with van der Waals surface area (Å²) in [6.07, 6.45) is 1.35. The Morgan fingerprint density at radius 2 is 1.79 bits per heavy atom. The molecule has 0 bridgehead atoms. The van der Waals surface area contributed by atoms with Gasteiger partial charge in [-0.1, -0.05) is 11.6 Å². The number of anilines is 1. The number of hydrogen-bond acceptors (Lipinski definition) is 4. The van der Waals surface area contributed by atoms with E-state index in [0.29, 0.717) is 30.1 Å². The zero-order chi connectivity index (χ0) is 21.0. The van der Waals surface area contributed by atoms with Gasteiger partial charge in [-0.3, -0.25) is 4.79 Å². The second-order valence-electron chi connectivity index (χ2n) is 7.34. The van der Waals surface area contributed by atoms with Crippen molar-refractivity contribution in [2.75, 3.05) is 18.4 Å². The van der Waals surface area contributed by atoms with Crippen LogP contribution in [0.15, 0.2) is 53.4 Å². The largest absolute Gasteiger partial charge is 0.491 e. The Morgan fingerprint density at radius 1 is 1.14 bits per heavy atom. The molecule has 1 aliphatic heterocycles. The fourth-order valence-corrected chi connectivity index (χ4v) is 4.91. The quantitative estimate of drug-likeness (QED) is 0.737. The Bertz CT molecular complexity index is 944. The molecule has 156 valence electrons. The maximum Gasteiger partial charge on any atom is 0.243 e. The molecule has 1 aliphatic rings. The highest BCUT2D eigenvalue weighted by Crippen LogP contribution is 2.26. The van der Waals surface area contributed by atoms with Crippen LogP contribution in [0.25, 0.3) is 0 Å². The van der Waals surface area contributed by atoms with Gasteiger partial charge >= 0.3 is 0 Å². The lowest BCUT2D eigenvalue weighted by Gasteiger charge is -2.31. The zero-order valence-corrected chi connectivity index (χ0v) is 18.0. The maximum absolute atomic E-state index is 12.9. The summed E-state index contributed by atoms with van der Waals surface area (Å²) in [6.45, 7) is 4.45. The van der Waals surface area contributed by atoms with E-state index in [9.17, 15) is 13.2 Å². The summed E-state index contributed by atoms with van der Waals surface area (Å²) in [5, 5.41) is 3.35. The van der Waals surface area contributed by atoms with Gasteiger partial charge in [-0.05, 0) is 75.2 Å². The summed E-state index contributed by atoms with van der Waals surface area (Å²) >= 11 is 5.85. The third kappa shape index (κ3) is 5.50. The van der Waals surface area contributed by atoms with E-state index in [2.05, 4.69) is 5.32 Å². The monoisotopic (exact) mass is 436 g/mol. The molecule has 6 nitrogen and oxygen atoms in total. The van der Waals surface area contributed by atoms with Crippen LogP contribution < -0.4 is 10.1 Å². The summed E-state index contributed by atoms with van der Waals surface area (Å²) < 4.78 is 32.8. The number of benzene rings is 2. The number of sulfonamides is 1. The van der Waals surface area contributed by atoms with E-state index < -0.39 is 15.9 Å². The normalized spacial score (nSPS) is 17.9. The third-order valence-corrected chi connectivity index (χ3v) is 6.83. The van der Waals surface area contributed by atoms with Gasteiger partial charge in [0.1, 0.15) is 5.75 Å². The number of hydrogen-bond donors (Lipinski definition) is 1. The van der Waals surface area contributed by atoms with Crippen molar-refractivity contribution in [2.24, 2.45) is 5.92 Å². The highest BCUT2D eigenvalue weighted by atomic mass is 35.5. The van der Waals surface area contributed by atoms with E-state index in [1.807, 2.05) is 13.8 Å². The van der Waals surface area contributed by atoms with Crippen molar-refractivity contribution in [3.63, 3.8) is 0 Å². The lowest BCUT2D eigenvalue weighted by atomic mass is 9.99. The minimum Gasteiger partial charge on any atom is -0.491 e. The van der Waals surface area contributed by atoms with E-state index in [-0.39, 0.29) is 23.5 Å². The lowest BCUT2D eigenvalue weighted by molar-refractivity contribution is -0.120. The van der Waals surface area contributed by atoms with Gasteiger partial charge in [0, 0.05) is 23.8 Å². The average molecular weight is 437 g/mol. The number of amides is 1. The first-order chi connectivity index (χ1) is 13.8. The van der Waals surface area contributed by atoms with E-state index >= 15 is 0 Å². The highest BCUT2D eigenvalue weighted by Gasteiger charge is 2.33. The van der Waals surface area contributed by atoms with Crippen molar-refractivity contribution in [3.05, 3.63) is 53.6 Å². The molecule has 1 atom stereocenters. The smallest absolute Gasteiger partial charge is 0.243 e. The second-order valence-corrected chi connectivity index (χ2v) is 9.71. The van der Waals surface area contributed by atoms with Crippen molar-refractivity contribution in [3.8, 4) is 5.75 Å². The van der Waals surface area contributed by atoms with E-state index in [1.165, 1.54) is 16.4 Å². The molecule has 0 radical (unpaired) electrons. The molecule has 8 heteroatoms. The van der Waals surface area contributed by atoms with Crippen molar-refractivity contribution in [1.82, 2.24) is 4.31 Å². The molecule has 0 aliphatic carbocycles. The number of nitrogens with one attached hydrogen (secondary N) is 1. The van der Waals surface area contributed by atoms with E-state index in [1.54, 1.807) is 36.4 Å². The summed E-state index contributed by atoms with van der Waals surface area (Å²) in [5.74, 6) is 0.145. The number of carbonyl (C=O) groups excluding carboxylic acids is 1. The predicted octanol–water partition coefficient (Wildman–Crippen LogP) is 4.17. The van der Waals surface area contributed by atoms with Gasteiger partial charge in [0.15, 0.2) is 0 Å². The first-order valence-corrected chi connectivity index (χ1v) is 11.4. The van der Waals surface area contributed by atoms with E-state index in [0.717, 1.165) is 5.75 Å². The van der Waals surface area contributed by atoms with Crippen LogP contribution in [0.5, 0.6) is 5.75 Å². The van der Waals surface area contributed by atoms with Crippen LogP contribution in [0, 0.1) is 5.92 Å². The van der Waals surface area contributed by atoms with Crippen LogP contribution in [-0.2, 0) is 14.8 Å². The van der Waals surface area contributed by atoms with Gasteiger partial charge in [0.05, 0.1) is 16.9 Å². The SMILES string of the molecule is CC(C)Oc1ccc(NC(=O)C2CCCN(S(=O)(=O)c3ccc(Cl)cc3)C2)cc1. The Hall–Kier alpha value is -2.09. The Morgan fingerprint density at radius 3 is 2.41 bits per heavy atom. The Kier molecular flexibility index (Phi) is 6.82. The molecule has 3 rings (SSSR count). The fraction of sp³-hybridized carbons (Fsp3) is 0.381. The van der Waals surface area contributed by atoms with Crippen LogP contribution in [0.2, 0.25) is 5.02 Å². The number of carbonyl (C=O) groups is 1. The van der Waals surface area contributed by atoms with Gasteiger partial charge in [-0.25, -0.2) is 8.42 Å². The first kappa shape index (κ1) is 21.6. The van der Waals surface area contributed by atoms with Crippen LogP contribution >= 0.6 is 11.6 Å². The topological polar surface area (TPSA) is 75.7 Å². The Labute approximate surface area is 176 Å². The molecule has 0 spiro atoms. The highest BCUT2D eigenvalue weighted by molar-refractivity contribution is 7.89. The molecule has 1 unspecified atom stereocenters. The molecule has 0 saturated carbocycles. The molecule has 1 saturated heterocycles. The zero-order valence-electron chi connectivity index (χ0n) is 16.5. The van der Waals surface area contributed by atoms with Crippen molar-refractivity contribution in [2.45, 2.75) is 37.7 Å². The maximum atomic E-state index is 12.9. The van der Waals surface area contributed by atoms with Crippen LogP contribution in [0.3, 0.4) is 0 Å². The number of nitrogens with zero attached hydrogens (tertiary/aromatic N) is 1. The van der Waals surface area contributed by atoms with Gasteiger partial charge in [-0.2, -0.15) is 4.31 Å². The molecule has 2 aromatic carbocycles. The van der Waals surface area contributed by atoms with Crippen molar-refractivity contribution in [1.29, 1.82) is 0 Å². The molecule has 1 amide bonds. The molecule has 1 fully saturated rings. The van der Waals surface area contributed by atoms with Gasteiger partial charge < -0.3 is 10.1 Å². The minimum atomic E-state index is -3.66. The van der Waals surface area contributed by atoms with Crippen LogP contribution in [0.1, 0.15) is 26.7 Å². The third-order valence-electron chi connectivity index (χ3n) is 4.70. The molecule has 0 aromatic heterocycles. The molecule has 1 N–H and O–H groups in total. The van der Waals surface area contributed by atoms with Crippen molar-refractivity contribution >= 4 is 33.2 Å². The molecular weight excluding hydrogens is 412 g/mol. The van der Waals surface area contributed by atoms with Crippen molar-refractivity contribution < 1.29 is 17.9 Å². The summed E-state index contributed by atoms with van der Waals surface area (Å²) in [7, 11) is -3.66. The second kappa shape index (κ2) is 9.15. The summed E-state index contributed by atoms with van der Waals surface area (Å²) in [5.41, 5.74) is 0.656. The van der Waals surface area contributed by atoms with Crippen LogP contribution in [0.4, 0.5) is 5.69 Å². The Balaban J connectivity index is 1.65.